The lowest BCUT2D eigenvalue weighted by Crippen LogP contribution is -2.63. The van der Waals surface area contributed by atoms with E-state index < -0.39 is 55.2 Å². The minimum absolute atomic E-state index is 0.653. The summed E-state index contributed by atoms with van der Waals surface area (Å²) in [5.41, 5.74) is 4.00. The number of nitrogens with two attached hydrogens (primary N) is 1. The van der Waals surface area contributed by atoms with Gasteiger partial charge < -0.3 is 40.4 Å². The van der Waals surface area contributed by atoms with Crippen molar-refractivity contribution in [1.29, 1.82) is 0 Å². The van der Waals surface area contributed by atoms with Crippen LogP contribution in [-0.4, -0.2) is 75.7 Å². The Kier molecular flexibility index (Phi) is 3.89. The molecule has 8 heteroatoms. The topological polar surface area (TPSA) is 135 Å². The molecule has 0 bridgehead atoms. The average Bonchev–Trinajstić information content (AvgIpc) is 2.81. The van der Waals surface area contributed by atoms with E-state index in [1.165, 1.54) is 0 Å². The summed E-state index contributed by atoms with van der Waals surface area (Å²) in [6.07, 6.45) is -5.28. The number of ether oxygens (including phenoxy) is 3. The van der Waals surface area contributed by atoms with E-state index in [0.717, 1.165) is 0 Å². The monoisotopic (exact) mass is 279 g/mol. The zero-order chi connectivity index (χ0) is 14.4. The summed E-state index contributed by atoms with van der Waals surface area (Å²) in [5.74, 6) is -0.875. The maximum atomic E-state index is 10.1. The minimum Gasteiger partial charge on any atom is -0.394 e. The van der Waals surface area contributed by atoms with Crippen molar-refractivity contribution in [3.8, 4) is 0 Å². The van der Waals surface area contributed by atoms with Gasteiger partial charge in [-0.05, 0) is 13.8 Å². The Labute approximate surface area is 110 Å². The van der Waals surface area contributed by atoms with Crippen molar-refractivity contribution in [2.45, 2.75) is 55.9 Å². The molecule has 0 spiro atoms. The van der Waals surface area contributed by atoms with Crippen LogP contribution >= 0.6 is 0 Å². The van der Waals surface area contributed by atoms with Crippen LogP contribution in [-0.2, 0) is 14.2 Å². The molecular formula is C11H21NO7. The zero-order valence-corrected chi connectivity index (χ0v) is 10.9. The van der Waals surface area contributed by atoms with Crippen molar-refractivity contribution in [3.05, 3.63) is 0 Å². The van der Waals surface area contributed by atoms with Crippen LogP contribution in [0, 0.1) is 0 Å². The van der Waals surface area contributed by atoms with Crippen LogP contribution in [0.25, 0.3) is 0 Å². The molecule has 19 heavy (non-hydrogen) atoms. The lowest BCUT2D eigenvalue weighted by molar-refractivity contribution is -0.231. The number of rotatable bonds is 4. The van der Waals surface area contributed by atoms with Gasteiger partial charge in [-0.1, -0.05) is 0 Å². The van der Waals surface area contributed by atoms with Crippen molar-refractivity contribution < 1.29 is 34.6 Å². The Morgan fingerprint density at radius 1 is 1.26 bits per heavy atom. The van der Waals surface area contributed by atoms with Gasteiger partial charge in [0, 0.05) is 0 Å². The molecule has 112 valence electrons. The molecule has 0 aromatic carbocycles. The molecular weight excluding hydrogens is 258 g/mol. The second-order valence-electron chi connectivity index (χ2n) is 5.55. The first kappa shape index (κ1) is 15.1. The normalized spacial score (nSPS) is 39.3. The molecule has 6 N–H and O–H groups in total. The van der Waals surface area contributed by atoms with Crippen molar-refractivity contribution in [3.63, 3.8) is 0 Å². The smallest absolute Gasteiger partial charge is 0.190 e. The predicted molar refractivity (Wildman–Crippen MR) is 61.8 cm³/mol. The molecule has 0 unspecified atom stereocenters. The Balaban J connectivity index is 2.09. The molecule has 0 saturated carbocycles. The molecule has 0 aliphatic carbocycles. The lowest BCUT2D eigenvalue weighted by Gasteiger charge is -2.35. The van der Waals surface area contributed by atoms with Gasteiger partial charge in [-0.15, -0.1) is 0 Å². The summed E-state index contributed by atoms with van der Waals surface area (Å²) in [6.45, 7) is 2.06. The molecule has 5 atom stereocenters. The predicted octanol–water partition coefficient (Wildman–Crippen LogP) is -2.73. The van der Waals surface area contributed by atoms with Crippen molar-refractivity contribution in [2.75, 3.05) is 13.2 Å². The number of fused-ring (bicyclic) bond motifs is 1. The van der Waals surface area contributed by atoms with E-state index in [4.69, 9.17) is 30.2 Å². The lowest BCUT2D eigenvalue weighted by atomic mass is 9.89. The Morgan fingerprint density at radius 2 is 1.84 bits per heavy atom. The molecule has 2 rings (SSSR count). The molecule has 2 aliphatic heterocycles. The number of hydrogen-bond donors (Lipinski definition) is 5. The van der Waals surface area contributed by atoms with Gasteiger partial charge in [0.2, 0.25) is 0 Å². The Bertz CT molecular complexity index is 333. The van der Waals surface area contributed by atoms with Crippen LogP contribution in [0.5, 0.6) is 0 Å². The van der Waals surface area contributed by atoms with Crippen LogP contribution in [0.3, 0.4) is 0 Å². The maximum Gasteiger partial charge on any atom is 0.190 e. The van der Waals surface area contributed by atoms with Crippen LogP contribution in [0.1, 0.15) is 13.8 Å². The van der Waals surface area contributed by atoms with Gasteiger partial charge >= 0.3 is 0 Å². The summed E-state index contributed by atoms with van der Waals surface area (Å²) in [5, 5.41) is 38.5. The molecule has 0 amide bonds. The third-order valence-electron chi connectivity index (χ3n) is 3.54. The van der Waals surface area contributed by atoms with Gasteiger partial charge in [0.1, 0.15) is 24.4 Å². The van der Waals surface area contributed by atoms with E-state index in [9.17, 15) is 10.2 Å². The van der Waals surface area contributed by atoms with E-state index in [-0.39, 0.29) is 0 Å². The highest BCUT2D eigenvalue weighted by atomic mass is 16.8. The van der Waals surface area contributed by atoms with E-state index in [1.54, 1.807) is 13.8 Å². The third kappa shape index (κ3) is 2.50. The quantitative estimate of drug-likeness (QED) is 0.374. The van der Waals surface area contributed by atoms with Crippen LogP contribution in [0.2, 0.25) is 0 Å². The number of hydrogen-bond acceptors (Lipinski definition) is 8. The molecule has 8 nitrogen and oxygen atoms in total. The Hall–Kier alpha value is -0.320. The molecule has 2 saturated heterocycles. The fourth-order valence-electron chi connectivity index (χ4n) is 2.34. The van der Waals surface area contributed by atoms with Gasteiger partial charge in [-0.25, -0.2) is 0 Å². The van der Waals surface area contributed by atoms with E-state index >= 15 is 0 Å². The van der Waals surface area contributed by atoms with Gasteiger partial charge in [-0.3, -0.25) is 0 Å². The van der Waals surface area contributed by atoms with Crippen LogP contribution < -0.4 is 5.73 Å². The molecule has 0 aromatic rings. The molecule has 2 aliphatic rings. The Morgan fingerprint density at radius 3 is 2.32 bits per heavy atom. The average molecular weight is 279 g/mol. The first-order valence-corrected chi connectivity index (χ1v) is 6.12. The van der Waals surface area contributed by atoms with Crippen LogP contribution in [0.4, 0.5) is 0 Å². The SMILES string of the molecule is CC1(C)O[C@H]2O[C@H]([C@H](O)C(N)(CO)CO)[C@H](O)[C@H]2O1. The summed E-state index contributed by atoms with van der Waals surface area (Å²) >= 11 is 0. The van der Waals surface area contributed by atoms with Crippen LogP contribution in [0.15, 0.2) is 0 Å². The van der Waals surface area contributed by atoms with E-state index in [1.807, 2.05) is 0 Å². The van der Waals surface area contributed by atoms with Gasteiger partial charge in [-0.2, -0.15) is 0 Å². The van der Waals surface area contributed by atoms with E-state index in [0.29, 0.717) is 0 Å². The van der Waals surface area contributed by atoms with Gasteiger partial charge in [0.15, 0.2) is 12.1 Å². The second-order valence-corrected chi connectivity index (χ2v) is 5.55. The molecule has 0 aromatic heterocycles. The standard InChI is InChI=1S/C11H21NO7/c1-10(2)18-7-5(15)6(17-9(7)19-10)8(16)11(12,3-13)4-14/h5-9,13-16H,3-4,12H2,1-2H3/t5-,6-,7+,8-,9+/m0/s1. The zero-order valence-electron chi connectivity index (χ0n) is 10.9. The third-order valence-corrected chi connectivity index (χ3v) is 3.54. The summed E-state index contributed by atoms with van der Waals surface area (Å²) in [6, 6.07) is 0. The highest BCUT2D eigenvalue weighted by molar-refractivity contribution is 5.03. The number of aliphatic hydroxyl groups is 4. The number of aliphatic hydroxyl groups excluding tert-OH is 4. The molecule has 2 heterocycles. The van der Waals surface area contributed by atoms with Gasteiger partial charge in [0.25, 0.3) is 0 Å². The molecule has 0 radical (unpaired) electrons. The van der Waals surface area contributed by atoms with Gasteiger partial charge in [0.05, 0.1) is 18.8 Å². The fraction of sp³-hybridized carbons (Fsp3) is 1.00. The fourth-order valence-corrected chi connectivity index (χ4v) is 2.34. The first-order chi connectivity index (χ1) is 8.74. The first-order valence-electron chi connectivity index (χ1n) is 6.12. The molecule has 2 fully saturated rings. The highest BCUT2D eigenvalue weighted by Gasteiger charge is 2.58. The van der Waals surface area contributed by atoms with Crippen molar-refractivity contribution >= 4 is 0 Å². The minimum atomic E-state index is -1.67. The van der Waals surface area contributed by atoms with Crippen molar-refractivity contribution in [2.24, 2.45) is 5.73 Å². The highest BCUT2D eigenvalue weighted by Crippen LogP contribution is 2.39. The van der Waals surface area contributed by atoms with E-state index in [2.05, 4.69) is 0 Å². The largest absolute Gasteiger partial charge is 0.394 e. The summed E-state index contributed by atoms with van der Waals surface area (Å²) in [7, 11) is 0. The maximum absolute atomic E-state index is 10.1. The summed E-state index contributed by atoms with van der Waals surface area (Å²) < 4.78 is 16.3. The second kappa shape index (κ2) is 4.90. The van der Waals surface area contributed by atoms with Crippen molar-refractivity contribution in [1.82, 2.24) is 0 Å². The summed E-state index contributed by atoms with van der Waals surface area (Å²) in [4.78, 5) is 0.